The number of hydrogen-bond acceptors (Lipinski definition) is 5. The number of fused-ring (bicyclic) bond motifs is 3. The number of anilines is 3. The molecule has 5 heteroatoms. The van der Waals surface area contributed by atoms with E-state index in [2.05, 4.69) is 50.9 Å². The molecule has 6 rings (SSSR count). The van der Waals surface area contributed by atoms with Gasteiger partial charge in [0.1, 0.15) is 0 Å². The Bertz CT molecular complexity index is 981. The average Bonchev–Trinajstić information content (AvgIpc) is 3.10. The molecule has 0 spiro atoms. The number of aromatic nitrogens is 1. The fourth-order valence-electron chi connectivity index (χ4n) is 5.56. The van der Waals surface area contributed by atoms with Crippen molar-refractivity contribution >= 4 is 23.1 Å². The minimum Gasteiger partial charge on any atom is -0.371 e. The van der Waals surface area contributed by atoms with E-state index in [4.69, 9.17) is 5.73 Å². The largest absolute Gasteiger partial charge is 0.371 e. The van der Waals surface area contributed by atoms with Crippen LogP contribution in [-0.4, -0.2) is 31.2 Å². The van der Waals surface area contributed by atoms with Crippen molar-refractivity contribution in [2.45, 2.75) is 31.2 Å². The monoisotopic (exact) mass is 373 g/mol. The summed E-state index contributed by atoms with van der Waals surface area (Å²) in [5.41, 5.74) is 15.5. The predicted octanol–water partition coefficient (Wildman–Crippen LogP) is 2.92. The first-order chi connectivity index (χ1) is 13.7. The van der Waals surface area contributed by atoms with Crippen LogP contribution in [0.2, 0.25) is 0 Å². The topological polar surface area (TPSA) is 66.2 Å². The SMILES string of the molecule is N[C@@]12CNCC1CN1CCCc3cc(Nc4cnc5c(c4)C=CCC5)cc2c31. The van der Waals surface area contributed by atoms with E-state index in [0.29, 0.717) is 5.92 Å². The highest BCUT2D eigenvalue weighted by atomic mass is 15.2. The Morgan fingerprint density at radius 1 is 1.21 bits per heavy atom. The fraction of sp³-hybridized carbons (Fsp3) is 0.435. The van der Waals surface area contributed by atoms with E-state index in [1.807, 2.05) is 6.20 Å². The van der Waals surface area contributed by atoms with Gasteiger partial charge < -0.3 is 21.3 Å². The Hall–Kier alpha value is -2.37. The van der Waals surface area contributed by atoms with Crippen LogP contribution in [0.5, 0.6) is 0 Å². The molecule has 4 heterocycles. The summed E-state index contributed by atoms with van der Waals surface area (Å²) in [6.07, 6.45) is 10.9. The van der Waals surface area contributed by atoms with Gasteiger partial charge in [-0.1, -0.05) is 12.2 Å². The van der Waals surface area contributed by atoms with Crippen molar-refractivity contribution in [3.8, 4) is 0 Å². The molecule has 4 aliphatic rings. The molecule has 0 radical (unpaired) electrons. The van der Waals surface area contributed by atoms with Crippen LogP contribution >= 0.6 is 0 Å². The maximum atomic E-state index is 7.00. The highest BCUT2D eigenvalue weighted by Gasteiger charge is 2.48. The van der Waals surface area contributed by atoms with Crippen LogP contribution in [0, 0.1) is 5.92 Å². The van der Waals surface area contributed by atoms with Crippen LogP contribution in [0.3, 0.4) is 0 Å². The molecule has 4 N–H and O–H groups in total. The zero-order valence-electron chi connectivity index (χ0n) is 16.2. The maximum absolute atomic E-state index is 7.00. The third-order valence-corrected chi connectivity index (χ3v) is 7.00. The van der Waals surface area contributed by atoms with Crippen LogP contribution in [-0.2, 0) is 18.4 Å². The molecule has 5 nitrogen and oxygen atoms in total. The lowest BCUT2D eigenvalue weighted by molar-refractivity contribution is 0.332. The van der Waals surface area contributed by atoms with Crippen LogP contribution in [0.1, 0.15) is 35.2 Å². The van der Waals surface area contributed by atoms with E-state index in [0.717, 1.165) is 56.8 Å². The molecule has 0 saturated carbocycles. The zero-order valence-corrected chi connectivity index (χ0v) is 16.2. The van der Waals surface area contributed by atoms with Gasteiger partial charge in [-0.15, -0.1) is 0 Å². The van der Waals surface area contributed by atoms with E-state index in [9.17, 15) is 0 Å². The predicted molar refractivity (Wildman–Crippen MR) is 114 cm³/mol. The maximum Gasteiger partial charge on any atom is 0.0615 e. The number of pyridine rings is 1. The number of nitrogens with zero attached hydrogens (tertiary/aromatic N) is 2. The lowest BCUT2D eigenvalue weighted by Gasteiger charge is -2.46. The summed E-state index contributed by atoms with van der Waals surface area (Å²) >= 11 is 0. The minimum absolute atomic E-state index is 0.257. The summed E-state index contributed by atoms with van der Waals surface area (Å²) in [7, 11) is 0. The Morgan fingerprint density at radius 2 is 2.18 bits per heavy atom. The molecular weight excluding hydrogens is 346 g/mol. The van der Waals surface area contributed by atoms with Crippen molar-refractivity contribution in [3.05, 3.63) is 52.9 Å². The summed E-state index contributed by atoms with van der Waals surface area (Å²) in [5, 5.41) is 7.17. The number of allylic oxidation sites excluding steroid dienone is 1. The summed E-state index contributed by atoms with van der Waals surface area (Å²) < 4.78 is 0. The van der Waals surface area contributed by atoms with Gasteiger partial charge in [0.15, 0.2) is 0 Å². The van der Waals surface area contributed by atoms with Gasteiger partial charge in [-0.05, 0) is 60.6 Å². The van der Waals surface area contributed by atoms with Crippen LogP contribution in [0.4, 0.5) is 17.1 Å². The first-order valence-electron chi connectivity index (χ1n) is 10.6. The molecule has 1 aromatic carbocycles. The molecule has 1 fully saturated rings. The lowest BCUT2D eigenvalue weighted by atomic mass is 9.74. The van der Waals surface area contributed by atoms with Gasteiger partial charge in [-0.2, -0.15) is 0 Å². The van der Waals surface area contributed by atoms with Gasteiger partial charge in [0.2, 0.25) is 0 Å². The number of benzene rings is 1. The molecule has 0 amide bonds. The average molecular weight is 374 g/mol. The van der Waals surface area contributed by atoms with Crippen LogP contribution in [0.25, 0.3) is 6.08 Å². The van der Waals surface area contributed by atoms with Crippen molar-refractivity contribution in [1.29, 1.82) is 0 Å². The van der Waals surface area contributed by atoms with Crippen molar-refractivity contribution < 1.29 is 0 Å². The number of hydrogen-bond donors (Lipinski definition) is 3. The summed E-state index contributed by atoms with van der Waals surface area (Å²) in [6, 6.07) is 6.84. The molecule has 2 atom stereocenters. The highest BCUT2D eigenvalue weighted by molar-refractivity contribution is 5.74. The molecule has 0 bridgehead atoms. The van der Waals surface area contributed by atoms with Crippen molar-refractivity contribution in [3.63, 3.8) is 0 Å². The second-order valence-corrected chi connectivity index (χ2v) is 8.78. The van der Waals surface area contributed by atoms with Gasteiger partial charge in [-0.25, -0.2) is 0 Å². The number of aryl methyl sites for hydroxylation is 2. The third kappa shape index (κ3) is 2.43. The van der Waals surface area contributed by atoms with E-state index in [1.54, 1.807) is 0 Å². The van der Waals surface area contributed by atoms with Crippen LogP contribution < -0.4 is 21.3 Å². The fourth-order valence-corrected chi connectivity index (χ4v) is 5.56. The van der Waals surface area contributed by atoms with E-state index in [-0.39, 0.29) is 5.54 Å². The van der Waals surface area contributed by atoms with Crippen LogP contribution in [0.15, 0.2) is 30.5 Å². The van der Waals surface area contributed by atoms with Gasteiger partial charge in [-0.3, -0.25) is 4.98 Å². The molecule has 1 unspecified atom stereocenters. The number of nitrogens with two attached hydrogens (primary N) is 1. The second kappa shape index (κ2) is 6.06. The first kappa shape index (κ1) is 16.6. The number of rotatable bonds is 2. The first-order valence-corrected chi connectivity index (χ1v) is 10.6. The van der Waals surface area contributed by atoms with E-state index >= 15 is 0 Å². The number of nitrogens with one attached hydrogen (secondary N) is 2. The van der Waals surface area contributed by atoms with Crippen molar-refractivity contribution in [2.75, 3.05) is 36.4 Å². The highest BCUT2D eigenvalue weighted by Crippen LogP contribution is 2.47. The third-order valence-electron chi connectivity index (χ3n) is 7.00. The standard InChI is InChI=1S/C23H27N5/c24-23-14-25-11-17(23)13-28-7-3-5-16-9-18(10-20(23)22(16)28)27-19-8-15-4-1-2-6-21(15)26-12-19/h1,4,8-10,12,17,25,27H,2-3,5-7,11,13-14,24H2/t17?,23-/m0/s1. The van der Waals surface area contributed by atoms with Crippen molar-refractivity contribution in [1.82, 2.24) is 10.3 Å². The smallest absolute Gasteiger partial charge is 0.0615 e. The molecule has 1 saturated heterocycles. The van der Waals surface area contributed by atoms with Gasteiger partial charge in [0.25, 0.3) is 0 Å². The normalized spacial score (nSPS) is 27.2. The van der Waals surface area contributed by atoms with E-state index in [1.165, 1.54) is 34.5 Å². The lowest BCUT2D eigenvalue weighted by Crippen LogP contribution is -2.54. The van der Waals surface area contributed by atoms with Gasteiger partial charge >= 0.3 is 0 Å². The molecule has 144 valence electrons. The Labute approximate surface area is 166 Å². The Kier molecular flexibility index (Phi) is 3.59. The zero-order chi connectivity index (χ0) is 18.7. The van der Waals surface area contributed by atoms with Gasteiger partial charge in [0.05, 0.1) is 17.4 Å². The van der Waals surface area contributed by atoms with E-state index < -0.39 is 0 Å². The van der Waals surface area contributed by atoms with Crippen molar-refractivity contribution in [2.24, 2.45) is 11.7 Å². The second-order valence-electron chi connectivity index (χ2n) is 8.78. The molecule has 1 aromatic heterocycles. The minimum atomic E-state index is -0.257. The summed E-state index contributed by atoms with van der Waals surface area (Å²) in [6.45, 7) is 4.12. The Morgan fingerprint density at radius 3 is 3.14 bits per heavy atom. The summed E-state index contributed by atoms with van der Waals surface area (Å²) in [5.74, 6) is 0.483. The van der Waals surface area contributed by atoms with Gasteiger partial charge in [0, 0.05) is 49.2 Å². The molecular formula is C23H27N5. The molecule has 1 aliphatic carbocycles. The Balaban J connectivity index is 1.42. The summed E-state index contributed by atoms with van der Waals surface area (Å²) in [4.78, 5) is 7.25. The quantitative estimate of drug-likeness (QED) is 0.755. The molecule has 2 aromatic rings. The molecule has 3 aliphatic heterocycles. The molecule has 28 heavy (non-hydrogen) atoms.